The lowest BCUT2D eigenvalue weighted by atomic mass is 10.0. The van der Waals surface area contributed by atoms with Gasteiger partial charge in [-0.25, -0.2) is 0 Å². The molecule has 3 N–H and O–H groups in total. The number of aromatic nitrogens is 3. The number of rotatable bonds is 0. The van der Waals surface area contributed by atoms with Crippen molar-refractivity contribution in [2.75, 3.05) is 0 Å². The van der Waals surface area contributed by atoms with Crippen molar-refractivity contribution >= 4 is 100 Å². The summed E-state index contributed by atoms with van der Waals surface area (Å²) in [5, 5.41) is 8.23. The maximum absolute atomic E-state index is 6.74. The van der Waals surface area contributed by atoms with E-state index < -0.39 is 0 Å². The van der Waals surface area contributed by atoms with Gasteiger partial charge in [0.25, 0.3) is 0 Å². The van der Waals surface area contributed by atoms with Crippen LogP contribution in [-0.4, -0.2) is 15.0 Å². The number of nitrogens with one attached hydrogen (secondary N) is 3. The molecule has 4 aromatic carbocycles. The minimum atomic E-state index is 0.542. The van der Waals surface area contributed by atoms with Gasteiger partial charge in [0, 0.05) is 53.9 Å². The molecule has 144 valence electrons. The summed E-state index contributed by atoms with van der Waals surface area (Å²) in [5.41, 5.74) is 6.17. The highest BCUT2D eigenvalue weighted by molar-refractivity contribution is 6.49. The Kier molecular flexibility index (Phi) is 3.18. The van der Waals surface area contributed by atoms with Gasteiger partial charge in [0.2, 0.25) is 0 Å². The van der Waals surface area contributed by atoms with Gasteiger partial charge in [-0.3, -0.25) is 0 Å². The van der Waals surface area contributed by atoms with Crippen LogP contribution in [0.1, 0.15) is 0 Å². The normalized spacial score (nSPS) is 12.5. The van der Waals surface area contributed by atoms with Gasteiger partial charge in [0.05, 0.1) is 26.6 Å². The molecule has 0 aliphatic heterocycles. The summed E-state index contributed by atoms with van der Waals surface area (Å²) in [7, 11) is 0. The van der Waals surface area contributed by atoms with Crippen molar-refractivity contribution in [2.24, 2.45) is 0 Å². The van der Waals surface area contributed by atoms with E-state index in [0.717, 1.165) is 65.4 Å². The van der Waals surface area contributed by atoms with Crippen LogP contribution in [0.5, 0.6) is 0 Å². The molecule has 0 fully saturated rings. The summed E-state index contributed by atoms with van der Waals surface area (Å²) in [5.74, 6) is 0. The molecule has 7 rings (SSSR count). The second-order valence-electron chi connectivity index (χ2n) is 7.64. The van der Waals surface area contributed by atoms with E-state index in [1.165, 1.54) is 0 Å². The van der Waals surface area contributed by atoms with Gasteiger partial charge in [-0.1, -0.05) is 53.0 Å². The number of hydrogen-bond donors (Lipinski definition) is 3. The van der Waals surface area contributed by atoms with E-state index in [1.54, 1.807) is 0 Å². The number of aromatic amines is 3. The quantitative estimate of drug-likeness (QED) is 0.208. The van der Waals surface area contributed by atoms with E-state index in [2.05, 4.69) is 33.2 Å². The van der Waals surface area contributed by atoms with E-state index in [0.29, 0.717) is 15.1 Å². The zero-order valence-corrected chi connectivity index (χ0v) is 17.6. The molecule has 6 heteroatoms. The van der Waals surface area contributed by atoms with Gasteiger partial charge in [-0.2, -0.15) is 0 Å². The largest absolute Gasteiger partial charge is 0.354 e. The van der Waals surface area contributed by atoms with Crippen molar-refractivity contribution in [3.63, 3.8) is 0 Å². The summed E-state index contributed by atoms with van der Waals surface area (Å²) in [6, 6.07) is 18.1. The lowest BCUT2D eigenvalue weighted by molar-refractivity contribution is 1.51. The van der Waals surface area contributed by atoms with Gasteiger partial charge in [0.1, 0.15) is 0 Å². The first-order valence-electron chi connectivity index (χ1n) is 9.54. The van der Waals surface area contributed by atoms with E-state index >= 15 is 0 Å². The predicted molar refractivity (Wildman–Crippen MR) is 130 cm³/mol. The molecule has 0 spiro atoms. The van der Waals surface area contributed by atoms with Gasteiger partial charge in [-0.15, -0.1) is 0 Å². The Bertz CT molecular complexity index is 1840. The molecule has 0 bridgehead atoms. The van der Waals surface area contributed by atoms with Crippen LogP contribution in [-0.2, 0) is 0 Å². The summed E-state index contributed by atoms with van der Waals surface area (Å²) in [4.78, 5) is 10.8. The first-order valence-corrected chi connectivity index (χ1v) is 10.7. The second kappa shape index (κ2) is 5.64. The summed E-state index contributed by atoms with van der Waals surface area (Å²) >= 11 is 19.5. The van der Waals surface area contributed by atoms with Crippen molar-refractivity contribution in [3.8, 4) is 0 Å². The third-order valence-corrected chi connectivity index (χ3v) is 7.11. The molecule has 30 heavy (non-hydrogen) atoms. The van der Waals surface area contributed by atoms with Crippen LogP contribution in [0.4, 0.5) is 0 Å². The molecular formula is C24H12Cl3N3. The molecule has 0 unspecified atom stereocenters. The maximum atomic E-state index is 6.74. The lowest BCUT2D eigenvalue weighted by Gasteiger charge is -2.02. The lowest BCUT2D eigenvalue weighted by Crippen LogP contribution is -1.78. The minimum Gasteiger partial charge on any atom is -0.354 e. The molecule has 0 atom stereocenters. The van der Waals surface area contributed by atoms with Crippen molar-refractivity contribution in [2.45, 2.75) is 0 Å². The highest BCUT2D eigenvalue weighted by Gasteiger charge is 2.22. The molecule has 7 aromatic rings. The van der Waals surface area contributed by atoms with Crippen LogP contribution in [0.25, 0.3) is 65.4 Å². The topological polar surface area (TPSA) is 47.4 Å². The third-order valence-electron chi connectivity index (χ3n) is 6.07. The average molecular weight is 449 g/mol. The minimum absolute atomic E-state index is 0.542. The molecular weight excluding hydrogens is 437 g/mol. The number of hydrogen-bond acceptors (Lipinski definition) is 0. The molecule has 0 saturated carbocycles. The van der Waals surface area contributed by atoms with E-state index in [9.17, 15) is 0 Å². The van der Waals surface area contributed by atoms with Crippen LogP contribution >= 0.6 is 34.8 Å². The number of halogens is 3. The fourth-order valence-corrected chi connectivity index (χ4v) is 5.45. The molecule has 3 nitrogen and oxygen atoms in total. The Morgan fingerprint density at radius 2 is 1.23 bits per heavy atom. The summed E-state index contributed by atoms with van der Waals surface area (Å²) < 4.78 is 0. The molecule has 3 aromatic heterocycles. The van der Waals surface area contributed by atoms with Crippen LogP contribution in [0.3, 0.4) is 0 Å². The number of H-pyrrole nitrogens is 3. The van der Waals surface area contributed by atoms with Crippen LogP contribution in [0.15, 0.2) is 54.6 Å². The monoisotopic (exact) mass is 447 g/mol. The molecule has 0 aliphatic carbocycles. The number of benzene rings is 4. The SMILES string of the molecule is Clc1ccc2[nH]c3c4[nH]c5ccccc5c4c4c([nH]c5ccc(Cl)c(Cl)c54)c3c2c1. The van der Waals surface area contributed by atoms with E-state index in [4.69, 9.17) is 34.8 Å². The number of para-hydroxylation sites is 1. The zero-order valence-electron chi connectivity index (χ0n) is 15.3. The van der Waals surface area contributed by atoms with Crippen LogP contribution < -0.4 is 0 Å². The smallest absolute Gasteiger partial charge is 0.0732 e. The van der Waals surface area contributed by atoms with E-state index in [1.807, 2.05) is 36.4 Å². The predicted octanol–water partition coefficient (Wildman–Crippen LogP) is 8.55. The van der Waals surface area contributed by atoms with Crippen molar-refractivity contribution in [3.05, 3.63) is 69.7 Å². The first-order chi connectivity index (χ1) is 14.6. The van der Waals surface area contributed by atoms with Crippen molar-refractivity contribution < 1.29 is 0 Å². The fourth-order valence-electron chi connectivity index (χ4n) is 4.86. The van der Waals surface area contributed by atoms with Gasteiger partial charge in [-0.05, 0) is 36.4 Å². The molecule has 3 heterocycles. The zero-order chi connectivity index (χ0) is 20.1. The Hall–Kier alpha value is -2.85. The Balaban J connectivity index is 1.93. The molecule has 0 aliphatic rings. The second-order valence-corrected chi connectivity index (χ2v) is 8.87. The van der Waals surface area contributed by atoms with Gasteiger partial charge < -0.3 is 15.0 Å². The fraction of sp³-hybridized carbons (Fsp3) is 0. The third kappa shape index (κ3) is 1.98. The maximum Gasteiger partial charge on any atom is 0.0732 e. The average Bonchev–Trinajstić information content (AvgIpc) is 3.41. The number of fused-ring (bicyclic) bond motifs is 12. The van der Waals surface area contributed by atoms with Crippen molar-refractivity contribution in [1.29, 1.82) is 0 Å². The van der Waals surface area contributed by atoms with Crippen LogP contribution in [0, 0.1) is 0 Å². The first kappa shape index (κ1) is 16.9. The van der Waals surface area contributed by atoms with Gasteiger partial charge in [0.15, 0.2) is 0 Å². The van der Waals surface area contributed by atoms with Crippen LogP contribution in [0.2, 0.25) is 15.1 Å². The molecule has 0 radical (unpaired) electrons. The highest BCUT2D eigenvalue weighted by Crippen LogP contribution is 2.46. The molecule has 0 amide bonds. The Morgan fingerprint density at radius 1 is 0.533 bits per heavy atom. The highest BCUT2D eigenvalue weighted by atomic mass is 35.5. The van der Waals surface area contributed by atoms with Gasteiger partial charge >= 0.3 is 0 Å². The summed E-state index contributed by atoms with van der Waals surface area (Å²) in [6.45, 7) is 0. The standard InChI is InChI=1S/C24H12Cl3N3/c25-10-5-7-15-12(9-10)18-22-20(19-16(30-22)8-6-13(26)21(19)27)17-11-3-1-2-4-14(11)28-23(17)24(18)29-15/h1-9,28-30H. The van der Waals surface area contributed by atoms with Crippen molar-refractivity contribution in [1.82, 2.24) is 15.0 Å². The Morgan fingerprint density at radius 3 is 2.10 bits per heavy atom. The molecule has 0 saturated heterocycles. The summed E-state index contributed by atoms with van der Waals surface area (Å²) in [6.07, 6.45) is 0. The van der Waals surface area contributed by atoms with E-state index in [-0.39, 0.29) is 0 Å². The Labute approximate surface area is 184 Å².